The van der Waals surface area contributed by atoms with Crippen LogP contribution in [-0.2, 0) is 11.2 Å². The van der Waals surface area contributed by atoms with E-state index < -0.39 is 0 Å². The average molecular weight is 347 g/mol. The average Bonchev–Trinajstić information content (AvgIpc) is 2.54. The van der Waals surface area contributed by atoms with E-state index >= 15 is 0 Å². The minimum atomic E-state index is -0.181. The first-order chi connectivity index (χ1) is 11.4. The molecule has 3 nitrogen and oxygen atoms in total. The molecule has 4 heteroatoms. The van der Waals surface area contributed by atoms with Crippen molar-refractivity contribution in [2.75, 3.05) is 12.4 Å². The lowest BCUT2D eigenvalue weighted by atomic mass is 9.81. The molecule has 0 spiro atoms. The van der Waals surface area contributed by atoms with Gasteiger partial charge in [-0.3, -0.25) is 9.79 Å². The Morgan fingerprint density at radius 1 is 1.29 bits per heavy atom. The lowest BCUT2D eigenvalue weighted by Gasteiger charge is -2.30. The number of anilines is 1. The van der Waals surface area contributed by atoms with Gasteiger partial charge in [0.2, 0.25) is 0 Å². The lowest BCUT2D eigenvalue weighted by molar-refractivity contribution is -0.122. The zero-order chi connectivity index (χ0) is 17.3. The Labute approximate surface area is 149 Å². The van der Waals surface area contributed by atoms with E-state index in [4.69, 9.17) is 16.6 Å². The number of fused-ring (bicyclic) bond motifs is 1. The van der Waals surface area contributed by atoms with Gasteiger partial charge in [-0.25, -0.2) is 0 Å². The van der Waals surface area contributed by atoms with Gasteiger partial charge >= 0.3 is 0 Å². The molecule has 1 aromatic carbocycles. The molecule has 1 saturated carbocycles. The number of benzene rings is 1. The van der Waals surface area contributed by atoms with Crippen molar-refractivity contribution >= 4 is 28.8 Å². The number of aliphatic imine (C=N–C) groups is 1. The standard InChI is InChI=1S/C20H27ClN2O/c1-20(2)12-14-9-16(21)18(22-3)10-15(14)17(23-20)11-19(24)13-7-5-4-6-8-13/h9-10,13,22H,4-8,11-12H2,1-3H3. The molecule has 1 aliphatic heterocycles. The summed E-state index contributed by atoms with van der Waals surface area (Å²) in [6.45, 7) is 4.25. The number of hydrogen-bond donors (Lipinski definition) is 1. The highest BCUT2D eigenvalue weighted by Gasteiger charge is 2.30. The number of hydrogen-bond acceptors (Lipinski definition) is 3. The van der Waals surface area contributed by atoms with E-state index in [2.05, 4.69) is 25.2 Å². The van der Waals surface area contributed by atoms with Crippen LogP contribution in [0.15, 0.2) is 17.1 Å². The van der Waals surface area contributed by atoms with Crippen molar-refractivity contribution in [2.45, 2.75) is 64.3 Å². The summed E-state index contributed by atoms with van der Waals surface area (Å²) in [5.74, 6) is 0.587. The van der Waals surface area contributed by atoms with Crippen LogP contribution in [0.1, 0.15) is 63.5 Å². The summed E-state index contributed by atoms with van der Waals surface area (Å²) in [6, 6.07) is 4.09. The zero-order valence-electron chi connectivity index (χ0n) is 14.9. The molecule has 1 N–H and O–H groups in total. The fraction of sp³-hybridized carbons (Fsp3) is 0.600. The summed E-state index contributed by atoms with van der Waals surface area (Å²) in [7, 11) is 1.87. The molecule has 24 heavy (non-hydrogen) atoms. The summed E-state index contributed by atoms with van der Waals surface area (Å²) in [5, 5.41) is 3.86. The van der Waals surface area contributed by atoms with Crippen molar-refractivity contribution in [3.63, 3.8) is 0 Å². The van der Waals surface area contributed by atoms with Gasteiger partial charge in [-0.1, -0.05) is 30.9 Å². The lowest BCUT2D eigenvalue weighted by Crippen LogP contribution is -2.31. The molecule has 0 aromatic heterocycles. The molecule has 0 unspecified atom stereocenters. The van der Waals surface area contributed by atoms with Crippen molar-refractivity contribution < 1.29 is 4.79 Å². The normalized spacial score (nSPS) is 20.2. The zero-order valence-corrected chi connectivity index (χ0v) is 15.7. The fourth-order valence-electron chi connectivity index (χ4n) is 4.02. The molecule has 130 valence electrons. The predicted octanol–water partition coefficient (Wildman–Crippen LogP) is 5.05. The second-order valence-electron chi connectivity index (χ2n) is 7.76. The minimum absolute atomic E-state index is 0.181. The van der Waals surface area contributed by atoms with Crippen molar-refractivity contribution in [3.05, 3.63) is 28.3 Å². The molecule has 0 radical (unpaired) electrons. The Balaban J connectivity index is 1.91. The SMILES string of the molecule is CNc1cc2c(cc1Cl)CC(C)(C)N=C2CC(=O)C1CCCCC1. The molecule has 1 aromatic rings. The highest BCUT2D eigenvalue weighted by atomic mass is 35.5. The Hall–Kier alpha value is -1.35. The monoisotopic (exact) mass is 346 g/mol. The smallest absolute Gasteiger partial charge is 0.141 e. The van der Waals surface area contributed by atoms with E-state index in [0.29, 0.717) is 12.2 Å². The van der Waals surface area contributed by atoms with Crippen LogP contribution in [0.25, 0.3) is 0 Å². The number of carbonyl (C=O) groups excluding carboxylic acids is 1. The van der Waals surface area contributed by atoms with E-state index in [0.717, 1.165) is 41.2 Å². The number of halogens is 1. The van der Waals surface area contributed by atoms with Crippen LogP contribution in [0.5, 0.6) is 0 Å². The summed E-state index contributed by atoms with van der Waals surface area (Å²) >= 11 is 6.36. The van der Waals surface area contributed by atoms with Crippen LogP contribution < -0.4 is 5.32 Å². The number of rotatable bonds is 4. The van der Waals surface area contributed by atoms with Gasteiger partial charge in [-0.2, -0.15) is 0 Å². The molecule has 3 rings (SSSR count). The number of Topliss-reactive ketones (excluding diaryl/α,β-unsaturated/α-hetero) is 1. The van der Waals surface area contributed by atoms with Crippen molar-refractivity contribution in [1.29, 1.82) is 0 Å². The van der Waals surface area contributed by atoms with E-state index in [-0.39, 0.29) is 11.5 Å². The van der Waals surface area contributed by atoms with Gasteiger partial charge in [0.05, 0.1) is 22.0 Å². The highest BCUT2D eigenvalue weighted by Crippen LogP contribution is 2.35. The van der Waals surface area contributed by atoms with E-state index in [1.807, 2.05) is 13.1 Å². The highest BCUT2D eigenvalue weighted by molar-refractivity contribution is 6.33. The van der Waals surface area contributed by atoms with E-state index in [9.17, 15) is 4.79 Å². The fourth-order valence-corrected chi connectivity index (χ4v) is 4.30. The third kappa shape index (κ3) is 3.66. The summed E-state index contributed by atoms with van der Waals surface area (Å²) < 4.78 is 0. The molecular formula is C20H27ClN2O. The molecule has 0 amide bonds. The van der Waals surface area contributed by atoms with Gasteiger partial charge < -0.3 is 5.32 Å². The maximum atomic E-state index is 12.8. The van der Waals surface area contributed by atoms with Gasteiger partial charge in [0.25, 0.3) is 0 Å². The largest absolute Gasteiger partial charge is 0.387 e. The Morgan fingerprint density at radius 2 is 2.00 bits per heavy atom. The van der Waals surface area contributed by atoms with Crippen LogP contribution in [-0.4, -0.2) is 24.1 Å². The van der Waals surface area contributed by atoms with Crippen LogP contribution in [0, 0.1) is 5.92 Å². The second-order valence-corrected chi connectivity index (χ2v) is 8.17. The molecule has 0 bridgehead atoms. The summed E-state index contributed by atoms with van der Waals surface area (Å²) in [5.41, 5.74) is 3.94. The second kappa shape index (κ2) is 6.87. The third-order valence-corrected chi connectivity index (χ3v) is 5.55. The summed E-state index contributed by atoms with van der Waals surface area (Å²) in [4.78, 5) is 17.7. The molecule has 0 saturated heterocycles. The number of nitrogens with one attached hydrogen (secondary N) is 1. The third-order valence-electron chi connectivity index (χ3n) is 5.24. The molecule has 2 aliphatic rings. The molecule has 1 heterocycles. The van der Waals surface area contributed by atoms with Crippen LogP contribution in [0.4, 0.5) is 5.69 Å². The quantitative estimate of drug-likeness (QED) is 0.829. The Kier molecular flexibility index (Phi) is 5.00. The maximum Gasteiger partial charge on any atom is 0.141 e. The first-order valence-electron chi connectivity index (χ1n) is 9.01. The molecule has 1 fully saturated rings. The van der Waals surface area contributed by atoms with Crippen molar-refractivity contribution in [3.8, 4) is 0 Å². The first kappa shape index (κ1) is 17.5. The van der Waals surface area contributed by atoms with Gasteiger partial charge in [0, 0.05) is 24.9 Å². The molecular weight excluding hydrogens is 320 g/mol. The van der Waals surface area contributed by atoms with Gasteiger partial charge in [-0.05, 0) is 50.8 Å². The first-order valence-corrected chi connectivity index (χ1v) is 9.39. The van der Waals surface area contributed by atoms with Crippen molar-refractivity contribution in [1.82, 2.24) is 0 Å². The topological polar surface area (TPSA) is 41.5 Å². The van der Waals surface area contributed by atoms with Gasteiger partial charge in [0.1, 0.15) is 5.78 Å². The number of ketones is 1. The number of carbonyl (C=O) groups is 1. The van der Waals surface area contributed by atoms with Crippen LogP contribution in [0.2, 0.25) is 5.02 Å². The minimum Gasteiger partial charge on any atom is -0.387 e. The molecule has 1 aliphatic carbocycles. The van der Waals surface area contributed by atoms with Crippen LogP contribution >= 0.6 is 11.6 Å². The maximum absolute atomic E-state index is 12.8. The van der Waals surface area contributed by atoms with E-state index in [1.165, 1.54) is 24.8 Å². The van der Waals surface area contributed by atoms with Crippen molar-refractivity contribution in [2.24, 2.45) is 10.9 Å². The van der Waals surface area contributed by atoms with E-state index in [1.54, 1.807) is 0 Å². The van der Waals surface area contributed by atoms with Gasteiger partial charge in [0.15, 0.2) is 0 Å². The Bertz CT molecular complexity index is 672. The predicted molar refractivity (Wildman–Crippen MR) is 102 cm³/mol. The number of nitrogens with zero attached hydrogens (tertiary/aromatic N) is 1. The van der Waals surface area contributed by atoms with Gasteiger partial charge in [-0.15, -0.1) is 0 Å². The Morgan fingerprint density at radius 3 is 2.67 bits per heavy atom. The van der Waals surface area contributed by atoms with Crippen LogP contribution in [0.3, 0.4) is 0 Å². The summed E-state index contributed by atoms with van der Waals surface area (Å²) in [6.07, 6.45) is 7.04. The molecule has 0 atom stereocenters.